The minimum Gasteiger partial charge on any atom is -0.484 e. The van der Waals surface area contributed by atoms with Crippen LogP contribution < -0.4 is 14.8 Å². The molecule has 0 bridgehead atoms. The second kappa shape index (κ2) is 10.5. The van der Waals surface area contributed by atoms with Gasteiger partial charge in [0.1, 0.15) is 17.2 Å². The molecular weight excluding hydrogens is 404 g/mol. The number of hydrogen-bond acceptors (Lipinski definition) is 4. The zero-order valence-electron chi connectivity index (χ0n) is 17.8. The van der Waals surface area contributed by atoms with Gasteiger partial charge in [0.05, 0.1) is 0 Å². The van der Waals surface area contributed by atoms with Crippen molar-refractivity contribution in [2.45, 2.75) is 18.9 Å². The summed E-state index contributed by atoms with van der Waals surface area (Å²) in [5.74, 6) is 1.96. The summed E-state index contributed by atoms with van der Waals surface area (Å²) in [7, 11) is 0. The zero-order chi connectivity index (χ0) is 22.2. The topological polar surface area (TPSA) is 67.9 Å². The first-order valence-corrected chi connectivity index (χ1v) is 10.8. The van der Waals surface area contributed by atoms with Crippen molar-refractivity contribution in [2.75, 3.05) is 19.7 Å². The fraction of sp³-hybridized carbons (Fsp3) is 0.231. The van der Waals surface area contributed by atoms with Gasteiger partial charge >= 0.3 is 0 Å². The van der Waals surface area contributed by atoms with Crippen LogP contribution >= 0.6 is 0 Å². The highest BCUT2D eigenvalue weighted by atomic mass is 16.5. The van der Waals surface area contributed by atoms with Crippen molar-refractivity contribution in [2.24, 2.45) is 0 Å². The Kier molecular flexibility index (Phi) is 7.02. The van der Waals surface area contributed by atoms with Crippen LogP contribution in [0.15, 0.2) is 84.9 Å². The molecule has 1 saturated heterocycles. The molecule has 3 aromatic carbocycles. The summed E-state index contributed by atoms with van der Waals surface area (Å²) in [6.45, 7) is 1.19. The van der Waals surface area contributed by atoms with Gasteiger partial charge in [0.15, 0.2) is 6.61 Å². The Morgan fingerprint density at radius 1 is 0.781 bits per heavy atom. The van der Waals surface area contributed by atoms with Crippen LogP contribution in [0, 0.1) is 0 Å². The molecular formula is C26H26N2O4. The summed E-state index contributed by atoms with van der Waals surface area (Å²) in [6.07, 6.45) is 1.46. The summed E-state index contributed by atoms with van der Waals surface area (Å²) < 4.78 is 11.4. The molecule has 0 radical (unpaired) electrons. The molecule has 1 fully saturated rings. The highest BCUT2D eigenvalue weighted by molar-refractivity contribution is 5.94. The molecule has 1 heterocycles. The van der Waals surface area contributed by atoms with Gasteiger partial charge in [-0.25, -0.2) is 0 Å². The van der Waals surface area contributed by atoms with E-state index in [1.54, 1.807) is 29.2 Å². The Morgan fingerprint density at radius 3 is 2.00 bits per heavy atom. The molecule has 0 saturated carbocycles. The first-order chi connectivity index (χ1) is 15.7. The van der Waals surface area contributed by atoms with Gasteiger partial charge in [-0.1, -0.05) is 36.4 Å². The highest BCUT2D eigenvalue weighted by Gasteiger charge is 2.24. The number of carbonyl (C=O) groups excluding carboxylic acids is 2. The number of carbonyl (C=O) groups is 2. The molecule has 164 valence electrons. The molecule has 1 aliphatic heterocycles. The van der Waals surface area contributed by atoms with E-state index in [1.165, 1.54) is 0 Å². The average Bonchev–Trinajstić information content (AvgIpc) is 2.85. The average molecular weight is 431 g/mol. The van der Waals surface area contributed by atoms with E-state index in [9.17, 15) is 9.59 Å². The lowest BCUT2D eigenvalue weighted by Gasteiger charge is -2.32. The van der Waals surface area contributed by atoms with Crippen LogP contribution in [0.5, 0.6) is 17.2 Å². The van der Waals surface area contributed by atoms with Gasteiger partial charge in [-0.3, -0.25) is 9.59 Å². The van der Waals surface area contributed by atoms with E-state index in [4.69, 9.17) is 9.47 Å². The normalized spacial score (nSPS) is 13.9. The zero-order valence-corrected chi connectivity index (χ0v) is 17.8. The van der Waals surface area contributed by atoms with E-state index in [0.29, 0.717) is 30.2 Å². The van der Waals surface area contributed by atoms with Crippen LogP contribution in [-0.2, 0) is 4.79 Å². The van der Waals surface area contributed by atoms with Crippen molar-refractivity contribution in [3.8, 4) is 17.2 Å². The SMILES string of the molecule is O=C(NC1CCN(C(=O)COc2ccc(Oc3ccccc3)cc2)CC1)c1ccccc1. The minimum atomic E-state index is -0.0709. The van der Waals surface area contributed by atoms with Gasteiger partial charge < -0.3 is 19.7 Å². The Labute approximate surface area is 187 Å². The molecule has 1 aliphatic rings. The standard InChI is InChI=1S/C26H26N2O4/c29-25(19-31-22-11-13-24(14-12-22)32-23-9-5-2-6-10-23)28-17-15-21(16-18-28)27-26(30)20-7-3-1-4-8-20/h1-14,21H,15-19H2,(H,27,30). The largest absolute Gasteiger partial charge is 0.484 e. The molecule has 0 unspecified atom stereocenters. The van der Waals surface area contributed by atoms with Gasteiger partial charge in [0.2, 0.25) is 0 Å². The number of piperidine rings is 1. The first-order valence-electron chi connectivity index (χ1n) is 10.8. The van der Waals surface area contributed by atoms with Crippen LogP contribution in [0.4, 0.5) is 0 Å². The number of rotatable bonds is 7. The highest BCUT2D eigenvalue weighted by Crippen LogP contribution is 2.23. The number of benzene rings is 3. The Hall–Kier alpha value is -3.80. The molecule has 6 heteroatoms. The van der Waals surface area contributed by atoms with E-state index in [0.717, 1.165) is 18.6 Å². The number of nitrogens with zero attached hydrogens (tertiary/aromatic N) is 1. The van der Waals surface area contributed by atoms with Gasteiger partial charge in [-0.05, 0) is 61.4 Å². The molecule has 2 amide bonds. The lowest BCUT2D eigenvalue weighted by Crippen LogP contribution is -2.47. The molecule has 4 rings (SSSR count). The second-order valence-electron chi connectivity index (χ2n) is 7.67. The summed E-state index contributed by atoms with van der Waals surface area (Å²) in [4.78, 5) is 26.6. The van der Waals surface area contributed by atoms with Crippen LogP contribution in [0.1, 0.15) is 23.2 Å². The van der Waals surface area contributed by atoms with Gasteiger partial charge in [0, 0.05) is 24.7 Å². The number of ether oxygens (including phenoxy) is 2. The van der Waals surface area contributed by atoms with Gasteiger partial charge in [-0.15, -0.1) is 0 Å². The molecule has 6 nitrogen and oxygen atoms in total. The molecule has 0 aromatic heterocycles. The monoisotopic (exact) mass is 430 g/mol. The van der Waals surface area contributed by atoms with Crippen molar-refractivity contribution >= 4 is 11.8 Å². The Balaban J connectivity index is 1.19. The van der Waals surface area contributed by atoms with E-state index in [1.807, 2.05) is 60.7 Å². The lowest BCUT2D eigenvalue weighted by atomic mass is 10.0. The minimum absolute atomic E-state index is 0.0140. The predicted octanol–water partition coefficient (Wildman–Crippen LogP) is 4.28. The lowest BCUT2D eigenvalue weighted by molar-refractivity contribution is -0.134. The van der Waals surface area contributed by atoms with Crippen molar-refractivity contribution in [1.29, 1.82) is 0 Å². The smallest absolute Gasteiger partial charge is 0.260 e. The van der Waals surface area contributed by atoms with Crippen LogP contribution in [-0.4, -0.2) is 42.5 Å². The summed E-state index contributed by atoms with van der Waals surface area (Å²) >= 11 is 0. The predicted molar refractivity (Wildman–Crippen MR) is 122 cm³/mol. The second-order valence-corrected chi connectivity index (χ2v) is 7.67. The van der Waals surface area contributed by atoms with Crippen molar-refractivity contribution in [3.63, 3.8) is 0 Å². The molecule has 32 heavy (non-hydrogen) atoms. The van der Waals surface area contributed by atoms with E-state index in [2.05, 4.69) is 5.32 Å². The summed E-state index contributed by atoms with van der Waals surface area (Å²) in [5.41, 5.74) is 0.652. The van der Waals surface area contributed by atoms with Gasteiger partial charge in [0.25, 0.3) is 11.8 Å². The third kappa shape index (κ3) is 5.88. The number of amides is 2. The maximum atomic E-state index is 12.5. The quantitative estimate of drug-likeness (QED) is 0.608. The number of nitrogens with one attached hydrogen (secondary N) is 1. The summed E-state index contributed by atoms with van der Waals surface area (Å²) in [6, 6.07) is 26.0. The third-order valence-electron chi connectivity index (χ3n) is 5.38. The maximum Gasteiger partial charge on any atom is 0.260 e. The third-order valence-corrected chi connectivity index (χ3v) is 5.38. The Bertz CT molecular complexity index is 1010. The molecule has 0 aliphatic carbocycles. The molecule has 0 atom stereocenters. The van der Waals surface area contributed by atoms with Crippen molar-refractivity contribution in [3.05, 3.63) is 90.5 Å². The molecule has 0 spiro atoms. The number of likely N-dealkylation sites (tertiary alicyclic amines) is 1. The maximum absolute atomic E-state index is 12.5. The van der Waals surface area contributed by atoms with Crippen molar-refractivity contribution < 1.29 is 19.1 Å². The van der Waals surface area contributed by atoms with Crippen LogP contribution in [0.25, 0.3) is 0 Å². The number of hydrogen-bond donors (Lipinski definition) is 1. The van der Waals surface area contributed by atoms with Crippen LogP contribution in [0.2, 0.25) is 0 Å². The molecule has 3 aromatic rings. The van der Waals surface area contributed by atoms with E-state index < -0.39 is 0 Å². The van der Waals surface area contributed by atoms with E-state index in [-0.39, 0.29) is 24.5 Å². The van der Waals surface area contributed by atoms with E-state index >= 15 is 0 Å². The molecule has 1 N–H and O–H groups in total. The van der Waals surface area contributed by atoms with Gasteiger partial charge in [-0.2, -0.15) is 0 Å². The Morgan fingerprint density at radius 2 is 1.34 bits per heavy atom. The number of para-hydroxylation sites is 1. The first kappa shape index (κ1) is 21.4. The van der Waals surface area contributed by atoms with Crippen molar-refractivity contribution in [1.82, 2.24) is 10.2 Å². The fourth-order valence-electron chi connectivity index (χ4n) is 3.60. The summed E-state index contributed by atoms with van der Waals surface area (Å²) in [5, 5.41) is 3.06. The fourth-order valence-corrected chi connectivity index (χ4v) is 3.60. The van der Waals surface area contributed by atoms with Crippen LogP contribution in [0.3, 0.4) is 0 Å².